The highest BCUT2D eigenvalue weighted by atomic mass is 16.5. The Morgan fingerprint density at radius 1 is 1.03 bits per heavy atom. The van der Waals surface area contributed by atoms with E-state index in [9.17, 15) is 9.59 Å². The number of rotatable bonds is 7. The van der Waals surface area contributed by atoms with Gasteiger partial charge in [-0.15, -0.1) is 0 Å². The molecule has 8 heteroatoms. The monoisotopic (exact) mass is 448 g/mol. The first kappa shape index (κ1) is 22.1. The predicted octanol–water partition coefficient (Wildman–Crippen LogP) is 3.39. The van der Waals surface area contributed by atoms with E-state index >= 15 is 0 Å². The van der Waals surface area contributed by atoms with Crippen LogP contribution in [0.1, 0.15) is 33.6 Å². The molecule has 33 heavy (non-hydrogen) atoms. The van der Waals surface area contributed by atoms with E-state index in [1.54, 1.807) is 21.3 Å². The summed E-state index contributed by atoms with van der Waals surface area (Å²) in [7, 11) is 4.69. The van der Waals surface area contributed by atoms with Crippen LogP contribution in [0.25, 0.3) is 22.6 Å². The van der Waals surface area contributed by atoms with Crippen LogP contribution in [-0.2, 0) is 16.0 Å². The number of ether oxygens (including phenoxy) is 4. The summed E-state index contributed by atoms with van der Waals surface area (Å²) in [5.74, 6) is 0.310. The molecule has 1 aliphatic carbocycles. The number of amides is 1. The zero-order valence-corrected chi connectivity index (χ0v) is 18.6. The van der Waals surface area contributed by atoms with Gasteiger partial charge in [-0.1, -0.05) is 18.2 Å². The summed E-state index contributed by atoms with van der Waals surface area (Å²) in [5, 5.41) is 0.680. The standard InChI is InChI=1S/C25H24N2O6/c1-30-19-11-14(12-20(31-2)24(19)32-3)10-15-8-9-17-22(25(29)33-13-21(26)28)16-6-4-5-7-18(16)27-23(15)17/h4-7,10-12H,8-9,13H2,1-3H3,(H2,26,28)/b15-10+. The van der Waals surface area contributed by atoms with E-state index in [0.29, 0.717) is 46.6 Å². The summed E-state index contributed by atoms with van der Waals surface area (Å²) in [6, 6.07) is 11.1. The highest BCUT2D eigenvalue weighted by Crippen LogP contribution is 2.41. The molecule has 2 N–H and O–H groups in total. The van der Waals surface area contributed by atoms with Crippen molar-refractivity contribution in [2.45, 2.75) is 12.8 Å². The third kappa shape index (κ3) is 4.19. The van der Waals surface area contributed by atoms with Gasteiger partial charge in [0.1, 0.15) is 0 Å². The van der Waals surface area contributed by atoms with Crippen LogP contribution >= 0.6 is 0 Å². The Bertz CT molecular complexity index is 1260. The smallest absolute Gasteiger partial charge is 0.339 e. The van der Waals surface area contributed by atoms with Gasteiger partial charge in [-0.05, 0) is 53.8 Å². The van der Waals surface area contributed by atoms with Gasteiger partial charge in [-0.2, -0.15) is 0 Å². The maximum Gasteiger partial charge on any atom is 0.339 e. The van der Waals surface area contributed by atoms with E-state index in [4.69, 9.17) is 29.7 Å². The first-order valence-electron chi connectivity index (χ1n) is 10.3. The van der Waals surface area contributed by atoms with Gasteiger partial charge >= 0.3 is 5.97 Å². The molecule has 0 unspecified atom stereocenters. The Labute approximate surface area is 190 Å². The minimum absolute atomic E-state index is 0.421. The molecular formula is C25H24N2O6. The Kier molecular flexibility index (Phi) is 6.17. The second-order valence-electron chi connectivity index (χ2n) is 7.50. The van der Waals surface area contributed by atoms with Crippen molar-refractivity contribution in [3.05, 3.63) is 58.8 Å². The van der Waals surface area contributed by atoms with Crippen LogP contribution in [0.3, 0.4) is 0 Å². The van der Waals surface area contributed by atoms with Gasteiger partial charge in [0, 0.05) is 5.39 Å². The molecule has 170 valence electrons. The molecule has 1 aromatic heterocycles. The number of pyridine rings is 1. The van der Waals surface area contributed by atoms with E-state index in [1.165, 1.54) is 0 Å². The van der Waals surface area contributed by atoms with Crippen molar-refractivity contribution < 1.29 is 28.5 Å². The lowest BCUT2D eigenvalue weighted by atomic mass is 10.0. The van der Waals surface area contributed by atoms with Crippen LogP contribution in [-0.4, -0.2) is 44.8 Å². The Hall–Kier alpha value is -4.07. The molecule has 2 aromatic carbocycles. The lowest BCUT2D eigenvalue weighted by Crippen LogP contribution is -2.21. The van der Waals surface area contributed by atoms with Crippen LogP contribution in [0.2, 0.25) is 0 Å². The van der Waals surface area contributed by atoms with Gasteiger partial charge < -0.3 is 24.7 Å². The fourth-order valence-corrected chi connectivity index (χ4v) is 4.11. The van der Waals surface area contributed by atoms with Crippen molar-refractivity contribution in [3.8, 4) is 17.2 Å². The maximum atomic E-state index is 12.9. The number of para-hydroxylation sites is 1. The number of primary amides is 1. The SMILES string of the molecule is COc1cc(/C=C2\CCc3c2nc2ccccc2c3C(=O)OCC(N)=O)cc(OC)c1OC. The van der Waals surface area contributed by atoms with Crippen molar-refractivity contribution in [1.82, 2.24) is 4.98 Å². The molecule has 4 rings (SSSR count). The first-order chi connectivity index (χ1) is 16.0. The molecule has 0 saturated heterocycles. The second kappa shape index (κ2) is 9.20. The molecule has 0 spiro atoms. The van der Waals surface area contributed by atoms with Crippen molar-refractivity contribution in [1.29, 1.82) is 0 Å². The summed E-state index contributed by atoms with van der Waals surface area (Å²) in [6.07, 6.45) is 3.30. The topological polar surface area (TPSA) is 110 Å². The van der Waals surface area contributed by atoms with Gasteiger partial charge in [0.2, 0.25) is 5.75 Å². The summed E-state index contributed by atoms with van der Waals surface area (Å²) < 4.78 is 21.5. The summed E-state index contributed by atoms with van der Waals surface area (Å²) >= 11 is 0. The van der Waals surface area contributed by atoms with Crippen molar-refractivity contribution in [2.75, 3.05) is 27.9 Å². The molecule has 0 atom stereocenters. The number of hydrogen-bond acceptors (Lipinski definition) is 7. The van der Waals surface area contributed by atoms with Gasteiger partial charge in [0.15, 0.2) is 18.1 Å². The number of nitrogens with two attached hydrogens (primary N) is 1. The highest BCUT2D eigenvalue weighted by molar-refractivity contribution is 6.07. The number of nitrogens with zero attached hydrogens (tertiary/aromatic N) is 1. The van der Waals surface area contributed by atoms with Crippen LogP contribution in [0.5, 0.6) is 17.2 Å². The zero-order valence-electron chi connectivity index (χ0n) is 18.6. The average molecular weight is 448 g/mol. The number of benzene rings is 2. The minimum atomic E-state index is -0.707. The van der Waals surface area contributed by atoms with E-state index in [-0.39, 0.29) is 0 Å². The Balaban J connectivity index is 1.84. The number of carbonyl (C=O) groups excluding carboxylic acids is 2. The maximum absolute atomic E-state index is 12.9. The first-order valence-corrected chi connectivity index (χ1v) is 10.3. The summed E-state index contributed by atoms with van der Waals surface area (Å²) in [6.45, 7) is -0.474. The lowest BCUT2D eigenvalue weighted by molar-refractivity contribution is -0.121. The number of carbonyl (C=O) groups is 2. The van der Waals surface area contributed by atoms with Crippen molar-refractivity contribution in [3.63, 3.8) is 0 Å². The van der Waals surface area contributed by atoms with Crippen LogP contribution < -0.4 is 19.9 Å². The number of esters is 1. The molecule has 1 aliphatic rings. The molecule has 3 aromatic rings. The summed E-state index contributed by atoms with van der Waals surface area (Å²) in [4.78, 5) is 28.9. The third-order valence-electron chi connectivity index (χ3n) is 5.52. The lowest BCUT2D eigenvalue weighted by Gasteiger charge is -2.13. The molecule has 1 amide bonds. The zero-order chi connectivity index (χ0) is 23.5. The van der Waals surface area contributed by atoms with Crippen LogP contribution in [0.15, 0.2) is 36.4 Å². The number of aromatic nitrogens is 1. The molecule has 0 aliphatic heterocycles. The number of fused-ring (bicyclic) bond motifs is 2. The quantitative estimate of drug-likeness (QED) is 0.552. The summed E-state index contributed by atoms with van der Waals surface area (Å²) in [5.41, 5.74) is 9.58. The number of hydrogen-bond donors (Lipinski definition) is 1. The third-order valence-corrected chi connectivity index (χ3v) is 5.52. The van der Waals surface area contributed by atoms with Crippen LogP contribution in [0.4, 0.5) is 0 Å². The van der Waals surface area contributed by atoms with Crippen LogP contribution in [0, 0.1) is 0 Å². The second-order valence-corrected chi connectivity index (χ2v) is 7.50. The molecular weight excluding hydrogens is 424 g/mol. The molecule has 0 saturated carbocycles. The van der Waals surface area contributed by atoms with E-state index < -0.39 is 18.5 Å². The Morgan fingerprint density at radius 3 is 2.36 bits per heavy atom. The molecule has 8 nitrogen and oxygen atoms in total. The number of allylic oxidation sites excluding steroid dienone is 1. The molecule has 0 radical (unpaired) electrons. The van der Waals surface area contributed by atoms with Crippen molar-refractivity contribution in [2.24, 2.45) is 5.73 Å². The normalized spacial score (nSPS) is 13.6. The van der Waals surface area contributed by atoms with Gasteiger partial charge in [-0.25, -0.2) is 9.78 Å². The number of methoxy groups -OCH3 is 3. The largest absolute Gasteiger partial charge is 0.493 e. The van der Waals surface area contributed by atoms with E-state index in [1.807, 2.05) is 42.5 Å². The molecule has 1 heterocycles. The van der Waals surface area contributed by atoms with Crippen molar-refractivity contribution >= 4 is 34.4 Å². The average Bonchev–Trinajstić information content (AvgIpc) is 3.21. The molecule has 0 fully saturated rings. The van der Waals surface area contributed by atoms with Gasteiger partial charge in [0.25, 0.3) is 5.91 Å². The predicted molar refractivity (Wildman–Crippen MR) is 124 cm³/mol. The van der Waals surface area contributed by atoms with Gasteiger partial charge in [0.05, 0.1) is 38.1 Å². The van der Waals surface area contributed by atoms with E-state index in [2.05, 4.69) is 0 Å². The molecule has 0 bridgehead atoms. The highest BCUT2D eigenvalue weighted by Gasteiger charge is 2.28. The fraction of sp³-hybridized carbons (Fsp3) is 0.240. The minimum Gasteiger partial charge on any atom is -0.493 e. The van der Waals surface area contributed by atoms with Gasteiger partial charge in [-0.3, -0.25) is 4.79 Å². The Morgan fingerprint density at radius 2 is 1.73 bits per heavy atom. The fourth-order valence-electron chi connectivity index (χ4n) is 4.11. The van der Waals surface area contributed by atoms with E-state index in [0.717, 1.165) is 22.4 Å².